The highest BCUT2D eigenvalue weighted by atomic mass is 16.2. The van der Waals surface area contributed by atoms with Crippen molar-refractivity contribution >= 4 is 23.5 Å². The van der Waals surface area contributed by atoms with Gasteiger partial charge in [-0.3, -0.25) is 18.8 Å². The number of likely N-dealkylation sites (tertiary alicyclic amines) is 1. The topological polar surface area (TPSA) is 99.9 Å². The van der Waals surface area contributed by atoms with Gasteiger partial charge in [-0.2, -0.15) is 0 Å². The van der Waals surface area contributed by atoms with E-state index in [1.165, 1.54) is 0 Å². The number of hydrogen-bond donors (Lipinski definition) is 1. The molecule has 3 aliphatic rings. The van der Waals surface area contributed by atoms with Crippen molar-refractivity contribution in [3.05, 3.63) is 30.4 Å². The average Bonchev–Trinajstić information content (AvgIpc) is 3.30. The molecule has 3 amide bonds. The van der Waals surface area contributed by atoms with Gasteiger partial charge >= 0.3 is 0 Å². The Morgan fingerprint density at radius 1 is 1.14 bits per heavy atom. The maximum atomic E-state index is 13.6. The Bertz CT molecular complexity index is 1110. The molecule has 1 N–H and O–H groups in total. The van der Waals surface area contributed by atoms with Gasteiger partial charge in [-0.05, 0) is 61.8 Å². The summed E-state index contributed by atoms with van der Waals surface area (Å²) in [7, 11) is 0. The fourth-order valence-electron chi connectivity index (χ4n) is 6.57. The molecule has 3 fully saturated rings. The van der Waals surface area contributed by atoms with Crippen LogP contribution in [-0.2, 0) is 9.59 Å². The molecule has 0 unspecified atom stereocenters. The highest BCUT2D eigenvalue weighted by Gasteiger charge is 2.44. The summed E-state index contributed by atoms with van der Waals surface area (Å²) in [5.74, 6) is 1.90. The summed E-state index contributed by atoms with van der Waals surface area (Å²) in [6, 6.07) is 2.03. The number of hydrogen-bond acceptors (Lipinski definition) is 5. The zero-order chi connectivity index (χ0) is 26.1. The van der Waals surface area contributed by atoms with Crippen molar-refractivity contribution in [1.82, 2.24) is 29.5 Å². The van der Waals surface area contributed by atoms with Gasteiger partial charge in [0.25, 0.3) is 5.91 Å². The molecule has 5 rings (SSSR count). The van der Waals surface area contributed by atoms with E-state index in [-0.39, 0.29) is 47.6 Å². The van der Waals surface area contributed by atoms with Crippen molar-refractivity contribution in [1.29, 1.82) is 0 Å². The molecule has 200 valence electrons. The minimum absolute atomic E-state index is 0.0590. The van der Waals surface area contributed by atoms with Gasteiger partial charge in [0.15, 0.2) is 0 Å². The van der Waals surface area contributed by atoms with Crippen LogP contribution in [0.15, 0.2) is 24.7 Å². The van der Waals surface area contributed by atoms with Crippen molar-refractivity contribution in [2.75, 3.05) is 19.6 Å². The van der Waals surface area contributed by atoms with Crippen LogP contribution in [0.25, 0.3) is 5.78 Å². The van der Waals surface area contributed by atoms with Gasteiger partial charge < -0.3 is 15.1 Å². The number of amides is 3. The summed E-state index contributed by atoms with van der Waals surface area (Å²) in [6.07, 6.45) is 10.7. The normalized spacial score (nSPS) is 29.8. The third kappa shape index (κ3) is 5.65. The molecule has 0 aromatic carbocycles. The van der Waals surface area contributed by atoms with Crippen LogP contribution in [0, 0.1) is 23.7 Å². The van der Waals surface area contributed by atoms with Crippen LogP contribution < -0.4 is 5.32 Å². The lowest BCUT2D eigenvalue weighted by molar-refractivity contribution is -0.141. The lowest BCUT2D eigenvalue weighted by Crippen LogP contribution is -2.60. The zero-order valence-electron chi connectivity index (χ0n) is 22.3. The van der Waals surface area contributed by atoms with Crippen LogP contribution in [0.3, 0.4) is 0 Å². The van der Waals surface area contributed by atoms with Crippen LogP contribution in [-0.4, -0.2) is 73.6 Å². The molecule has 2 aromatic rings. The summed E-state index contributed by atoms with van der Waals surface area (Å²) in [4.78, 5) is 52.4. The number of aromatic nitrogens is 3. The van der Waals surface area contributed by atoms with Crippen molar-refractivity contribution in [2.45, 2.75) is 77.8 Å². The number of carbonyl (C=O) groups is 3. The Morgan fingerprint density at radius 3 is 2.76 bits per heavy atom. The van der Waals surface area contributed by atoms with E-state index in [1.807, 2.05) is 17.2 Å². The lowest BCUT2D eigenvalue weighted by atomic mass is 9.77. The van der Waals surface area contributed by atoms with E-state index in [4.69, 9.17) is 0 Å². The van der Waals surface area contributed by atoms with Crippen LogP contribution in [0.4, 0.5) is 0 Å². The summed E-state index contributed by atoms with van der Waals surface area (Å²) in [6.45, 7) is 8.39. The molecule has 0 radical (unpaired) electrons. The Labute approximate surface area is 219 Å². The fourth-order valence-corrected chi connectivity index (χ4v) is 6.57. The summed E-state index contributed by atoms with van der Waals surface area (Å²) < 4.78 is 1.77. The molecule has 3 aliphatic heterocycles. The van der Waals surface area contributed by atoms with Crippen molar-refractivity contribution in [2.24, 2.45) is 23.7 Å². The molecular weight excluding hydrogens is 468 g/mol. The van der Waals surface area contributed by atoms with Gasteiger partial charge in [-0.25, -0.2) is 9.97 Å². The van der Waals surface area contributed by atoms with Crippen molar-refractivity contribution in [3.8, 4) is 0 Å². The van der Waals surface area contributed by atoms with E-state index in [0.29, 0.717) is 49.9 Å². The van der Waals surface area contributed by atoms with Gasteiger partial charge in [0.05, 0.1) is 0 Å². The summed E-state index contributed by atoms with van der Waals surface area (Å²) in [5, 5.41) is 3.25. The van der Waals surface area contributed by atoms with Crippen molar-refractivity contribution in [3.63, 3.8) is 0 Å². The molecule has 2 aromatic heterocycles. The molecular formula is C28H40N6O3. The lowest BCUT2D eigenvalue weighted by Gasteiger charge is -2.51. The van der Waals surface area contributed by atoms with E-state index >= 15 is 0 Å². The van der Waals surface area contributed by atoms with Gasteiger partial charge in [0.1, 0.15) is 5.69 Å². The minimum atomic E-state index is -0.0719. The first-order valence-electron chi connectivity index (χ1n) is 14.0. The second-order valence-electron chi connectivity index (χ2n) is 11.8. The number of nitrogens with one attached hydrogen (secondary N) is 1. The maximum absolute atomic E-state index is 13.6. The highest BCUT2D eigenvalue weighted by Crippen LogP contribution is 2.37. The largest absolute Gasteiger partial charge is 0.353 e. The third-order valence-electron chi connectivity index (χ3n) is 8.58. The number of fused-ring (bicyclic) bond motifs is 5. The van der Waals surface area contributed by atoms with Gasteiger partial charge in [-0.15, -0.1) is 0 Å². The summed E-state index contributed by atoms with van der Waals surface area (Å²) >= 11 is 0. The predicted molar refractivity (Wildman–Crippen MR) is 140 cm³/mol. The Hall–Kier alpha value is -2.97. The molecule has 37 heavy (non-hydrogen) atoms. The SMILES string of the molecule is CC(C)[C@@H]1CC[C@@H](C)CC(=O)N2C[C@H]3C[C@@H](CN(C(=O)c4cn5cccnc5n4)C3)[C@@H]2CCCC(=O)N1. The molecule has 9 nitrogen and oxygen atoms in total. The van der Waals surface area contributed by atoms with Gasteiger partial charge in [0, 0.05) is 63.2 Å². The highest BCUT2D eigenvalue weighted by molar-refractivity contribution is 5.93. The molecule has 0 spiro atoms. The molecule has 5 atom stereocenters. The standard InChI is InChI=1S/C28H40N6O3/c1-18(2)22-9-8-19(3)12-26(36)34-15-20-13-21(24(34)6-4-7-25(35)30-22)16-33(14-20)27(37)23-17-32-11-5-10-29-28(32)31-23/h5,10-11,17-22,24H,4,6-9,12-16H2,1-3H3,(H,30,35)/t19-,20+,21+,22+,24+/m1/s1. The first-order valence-corrected chi connectivity index (χ1v) is 14.0. The summed E-state index contributed by atoms with van der Waals surface area (Å²) in [5.41, 5.74) is 0.409. The van der Waals surface area contributed by atoms with E-state index < -0.39 is 0 Å². The van der Waals surface area contributed by atoms with Crippen LogP contribution in [0.5, 0.6) is 0 Å². The van der Waals surface area contributed by atoms with Crippen LogP contribution in [0.1, 0.15) is 76.2 Å². The van der Waals surface area contributed by atoms with E-state index in [0.717, 1.165) is 32.1 Å². The number of imidazole rings is 1. The van der Waals surface area contributed by atoms with E-state index in [9.17, 15) is 14.4 Å². The quantitative estimate of drug-likeness (QED) is 0.672. The molecule has 9 heteroatoms. The van der Waals surface area contributed by atoms with Crippen LogP contribution in [0.2, 0.25) is 0 Å². The van der Waals surface area contributed by atoms with Gasteiger partial charge in [0.2, 0.25) is 17.6 Å². The molecule has 0 saturated carbocycles. The molecule has 0 aliphatic carbocycles. The van der Waals surface area contributed by atoms with Crippen LogP contribution >= 0.6 is 0 Å². The Balaban J connectivity index is 1.33. The smallest absolute Gasteiger partial charge is 0.274 e. The third-order valence-corrected chi connectivity index (χ3v) is 8.58. The first kappa shape index (κ1) is 25.7. The molecule has 2 bridgehead atoms. The average molecular weight is 509 g/mol. The van der Waals surface area contributed by atoms with Crippen molar-refractivity contribution < 1.29 is 14.4 Å². The number of piperidine rings is 2. The minimum Gasteiger partial charge on any atom is -0.353 e. The Morgan fingerprint density at radius 2 is 1.97 bits per heavy atom. The fraction of sp³-hybridized carbons (Fsp3) is 0.679. The van der Waals surface area contributed by atoms with E-state index in [2.05, 4.69) is 41.0 Å². The monoisotopic (exact) mass is 508 g/mol. The first-order chi connectivity index (χ1) is 17.8. The predicted octanol–water partition coefficient (Wildman–Crippen LogP) is 3.15. The molecule has 5 heterocycles. The molecule has 3 saturated heterocycles. The number of rotatable bonds is 2. The zero-order valence-corrected chi connectivity index (χ0v) is 22.3. The maximum Gasteiger partial charge on any atom is 0.274 e. The number of carbonyl (C=O) groups excluding carboxylic acids is 3. The Kier molecular flexibility index (Phi) is 7.49. The number of nitrogens with zero attached hydrogens (tertiary/aromatic N) is 5. The van der Waals surface area contributed by atoms with E-state index in [1.54, 1.807) is 16.8 Å². The van der Waals surface area contributed by atoms with Gasteiger partial charge in [-0.1, -0.05) is 20.8 Å². The second kappa shape index (κ2) is 10.8. The second-order valence-corrected chi connectivity index (χ2v) is 11.8.